The molecule has 0 saturated heterocycles. The van der Waals surface area contributed by atoms with Crippen LogP contribution in [0.2, 0.25) is 0 Å². The smallest absolute Gasteiger partial charge is 0.0608 e. The molecule has 1 aromatic rings. The minimum Gasteiger partial charge on any atom is -0.392 e. The van der Waals surface area contributed by atoms with Gasteiger partial charge in [0.15, 0.2) is 0 Å². The van der Waals surface area contributed by atoms with Gasteiger partial charge in [-0.15, -0.1) is 0 Å². The predicted octanol–water partition coefficient (Wildman–Crippen LogP) is 2.98. The van der Waals surface area contributed by atoms with Gasteiger partial charge in [-0.2, -0.15) is 0 Å². The van der Waals surface area contributed by atoms with E-state index >= 15 is 0 Å². The van der Waals surface area contributed by atoms with Gasteiger partial charge in [0.25, 0.3) is 0 Å². The van der Waals surface area contributed by atoms with E-state index in [4.69, 9.17) is 4.11 Å². The number of hydrogen-bond donors (Lipinski definition) is 1. The Bertz CT molecular complexity index is 347. The highest BCUT2D eigenvalue weighted by molar-refractivity contribution is 5.26. The van der Waals surface area contributed by atoms with E-state index in [1.54, 1.807) is 31.2 Å². The van der Waals surface area contributed by atoms with Crippen molar-refractivity contribution >= 4 is 0 Å². The van der Waals surface area contributed by atoms with Gasteiger partial charge < -0.3 is 5.11 Å². The average Bonchev–Trinajstić information content (AvgIpc) is 2.16. The molecule has 0 heterocycles. The van der Waals surface area contributed by atoms with Gasteiger partial charge in [0, 0.05) is 9.53 Å². The predicted molar refractivity (Wildman–Crippen MR) is 60.3 cm³/mol. The van der Waals surface area contributed by atoms with Crippen LogP contribution in [-0.2, 0) is 5.41 Å². The minimum absolute atomic E-state index is 0.183. The summed E-state index contributed by atoms with van der Waals surface area (Å²) in [6.45, 7) is 2.99. The maximum absolute atomic E-state index is 10.1. The topological polar surface area (TPSA) is 20.2 Å². The van der Waals surface area contributed by atoms with Crippen LogP contribution in [0.15, 0.2) is 30.3 Å². The summed E-state index contributed by atoms with van der Waals surface area (Å²) >= 11 is 0. The molecular weight excluding hydrogens is 172 g/mol. The van der Waals surface area contributed by atoms with Crippen LogP contribution in [-0.4, -0.2) is 11.2 Å². The Morgan fingerprint density at radius 1 is 1.21 bits per heavy atom. The molecule has 0 bridgehead atoms. The van der Waals surface area contributed by atoms with Crippen molar-refractivity contribution in [2.45, 2.75) is 39.1 Å². The van der Waals surface area contributed by atoms with Crippen LogP contribution in [0.5, 0.6) is 0 Å². The van der Waals surface area contributed by atoms with E-state index in [9.17, 15) is 5.11 Å². The fourth-order valence-corrected chi connectivity index (χ4v) is 1.77. The molecular formula is C13H20O. The second-order valence-corrected chi connectivity index (χ2v) is 4.07. The third-order valence-corrected chi connectivity index (χ3v) is 2.82. The van der Waals surface area contributed by atoms with Gasteiger partial charge in [0.1, 0.15) is 0 Å². The van der Waals surface area contributed by atoms with E-state index in [1.165, 1.54) is 0 Å². The summed E-state index contributed by atoms with van der Waals surface area (Å²) in [5, 5.41) is 10.1. The Hall–Kier alpha value is -0.820. The quantitative estimate of drug-likeness (QED) is 0.786. The van der Waals surface area contributed by atoms with Crippen molar-refractivity contribution in [2.24, 2.45) is 5.92 Å². The monoisotopic (exact) mass is 195 g/mol. The standard InChI is InChI=1S/C13H20O/c1-10(2)13(4,11(3)14)12-8-6-5-7-9-12/h5-11,14H,1-4H3/i4D3. The number of aliphatic hydroxyl groups excluding tert-OH is 1. The van der Waals surface area contributed by atoms with Crippen LogP contribution in [0.25, 0.3) is 0 Å². The van der Waals surface area contributed by atoms with Gasteiger partial charge in [0.05, 0.1) is 6.10 Å². The maximum atomic E-state index is 10.1. The maximum Gasteiger partial charge on any atom is 0.0608 e. The lowest BCUT2D eigenvalue weighted by molar-refractivity contribution is 0.0766. The molecule has 1 nitrogen and oxygen atoms in total. The number of benzene rings is 1. The molecule has 1 rings (SSSR count). The van der Waals surface area contributed by atoms with Gasteiger partial charge in [-0.3, -0.25) is 0 Å². The molecule has 0 aliphatic heterocycles. The Labute approximate surface area is 91.0 Å². The SMILES string of the molecule is [2H]C([2H])([2H])C(c1ccccc1)(C(C)C)C(C)O. The van der Waals surface area contributed by atoms with E-state index < -0.39 is 18.4 Å². The summed E-state index contributed by atoms with van der Waals surface area (Å²) in [5.41, 5.74) is -0.543. The fraction of sp³-hybridized carbons (Fsp3) is 0.538. The Balaban J connectivity index is 3.48. The zero-order valence-corrected chi connectivity index (χ0v) is 8.99. The van der Waals surface area contributed by atoms with Crippen molar-refractivity contribution in [3.63, 3.8) is 0 Å². The van der Waals surface area contributed by atoms with Crippen molar-refractivity contribution in [3.05, 3.63) is 35.9 Å². The molecule has 0 saturated carbocycles. The van der Waals surface area contributed by atoms with E-state index in [-0.39, 0.29) is 5.92 Å². The van der Waals surface area contributed by atoms with E-state index in [0.29, 0.717) is 5.56 Å². The third kappa shape index (κ3) is 1.83. The van der Waals surface area contributed by atoms with Crippen LogP contribution < -0.4 is 0 Å². The van der Waals surface area contributed by atoms with Crippen LogP contribution in [0.3, 0.4) is 0 Å². The number of rotatable bonds is 3. The fourth-order valence-electron chi connectivity index (χ4n) is 1.77. The molecule has 0 fully saturated rings. The molecule has 78 valence electrons. The molecule has 0 aliphatic rings. The minimum atomic E-state index is -2.24. The summed E-state index contributed by atoms with van der Waals surface area (Å²) in [6.07, 6.45) is -0.933. The Morgan fingerprint density at radius 3 is 2.14 bits per heavy atom. The van der Waals surface area contributed by atoms with Gasteiger partial charge in [-0.25, -0.2) is 0 Å². The summed E-state index contributed by atoms with van der Waals surface area (Å²) in [4.78, 5) is 0. The van der Waals surface area contributed by atoms with Crippen LogP contribution in [0.1, 0.15) is 37.3 Å². The van der Waals surface area contributed by atoms with Crippen LogP contribution >= 0.6 is 0 Å². The summed E-state index contributed by atoms with van der Waals surface area (Å²) in [7, 11) is 0. The zero-order valence-electron chi connectivity index (χ0n) is 12.0. The van der Waals surface area contributed by atoms with Gasteiger partial charge in [0.2, 0.25) is 0 Å². The molecule has 1 aromatic carbocycles. The van der Waals surface area contributed by atoms with Gasteiger partial charge >= 0.3 is 0 Å². The first-order chi connectivity index (χ1) is 7.74. The van der Waals surface area contributed by atoms with Gasteiger partial charge in [-0.05, 0) is 18.4 Å². The van der Waals surface area contributed by atoms with Crippen molar-refractivity contribution in [1.82, 2.24) is 0 Å². The second-order valence-electron chi connectivity index (χ2n) is 4.07. The van der Waals surface area contributed by atoms with Crippen molar-refractivity contribution in [1.29, 1.82) is 0 Å². The third-order valence-electron chi connectivity index (χ3n) is 2.82. The number of hydrogen-bond acceptors (Lipinski definition) is 1. The second kappa shape index (κ2) is 4.14. The molecule has 0 radical (unpaired) electrons. The van der Waals surface area contributed by atoms with E-state index in [0.717, 1.165) is 0 Å². The molecule has 0 spiro atoms. The lowest BCUT2D eigenvalue weighted by Crippen LogP contribution is -2.39. The molecule has 1 heteroatoms. The van der Waals surface area contributed by atoms with Gasteiger partial charge in [-0.1, -0.05) is 51.0 Å². The number of aliphatic hydroxyl groups is 1. The van der Waals surface area contributed by atoms with Crippen molar-refractivity contribution in [2.75, 3.05) is 0 Å². The highest BCUT2D eigenvalue weighted by Gasteiger charge is 2.34. The van der Waals surface area contributed by atoms with Crippen LogP contribution in [0.4, 0.5) is 0 Å². The lowest BCUT2D eigenvalue weighted by Gasteiger charge is -2.37. The largest absolute Gasteiger partial charge is 0.392 e. The first kappa shape index (κ1) is 7.47. The van der Waals surface area contributed by atoms with Crippen molar-refractivity contribution in [3.8, 4) is 0 Å². The normalized spacial score (nSPS) is 21.9. The molecule has 2 atom stereocenters. The summed E-state index contributed by atoms with van der Waals surface area (Å²) in [5.74, 6) is -0.183. The molecule has 0 aliphatic carbocycles. The molecule has 0 amide bonds. The average molecular weight is 195 g/mol. The van der Waals surface area contributed by atoms with E-state index in [2.05, 4.69) is 0 Å². The lowest BCUT2D eigenvalue weighted by atomic mass is 9.70. The molecule has 0 aromatic heterocycles. The molecule has 14 heavy (non-hydrogen) atoms. The summed E-state index contributed by atoms with van der Waals surface area (Å²) < 4.78 is 23.4. The summed E-state index contributed by atoms with van der Waals surface area (Å²) in [6, 6.07) is 9.01. The van der Waals surface area contributed by atoms with Crippen molar-refractivity contribution < 1.29 is 9.22 Å². The first-order valence-corrected chi connectivity index (χ1v) is 4.98. The Kier molecular flexibility index (Phi) is 2.21. The molecule has 2 unspecified atom stereocenters. The highest BCUT2D eigenvalue weighted by atomic mass is 16.3. The van der Waals surface area contributed by atoms with Crippen LogP contribution in [0, 0.1) is 5.92 Å². The molecule has 1 N–H and O–H groups in total. The zero-order chi connectivity index (χ0) is 13.3. The highest BCUT2D eigenvalue weighted by Crippen LogP contribution is 2.35. The first-order valence-electron chi connectivity index (χ1n) is 6.48. The Morgan fingerprint density at radius 2 is 1.79 bits per heavy atom. The van der Waals surface area contributed by atoms with E-state index in [1.807, 2.05) is 19.9 Å².